The zero-order valence-electron chi connectivity index (χ0n) is 27.3. The van der Waals surface area contributed by atoms with Crippen LogP contribution in [0.4, 0.5) is 28.4 Å². The van der Waals surface area contributed by atoms with Crippen molar-refractivity contribution in [1.82, 2.24) is 0 Å². The van der Waals surface area contributed by atoms with E-state index in [1.807, 2.05) is 86.5 Å². The molecule has 0 aliphatic carbocycles. The van der Waals surface area contributed by atoms with Crippen molar-refractivity contribution < 1.29 is 24.0 Å². The molecule has 0 heterocycles. The first-order chi connectivity index (χ1) is 23.5. The molecule has 49 heavy (non-hydrogen) atoms. The second-order valence-electron chi connectivity index (χ2n) is 11.2. The summed E-state index contributed by atoms with van der Waals surface area (Å²) in [6.45, 7) is 0. The molecular formula is C38H33N5O6. The van der Waals surface area contributed by atoms with E-state index in [4.69, 9.17) is 9.47 Å². The number of nitro benzene ring substituents is 1. The summed E-state index contributed by atoms with van der Waals surface area (Å²) in [5.41, 5.74) is 4.24. The molecule has 0 bridgehead atoms. The van der Waals surface area contributed by atoms with Gasteiger partial charge in [0.1, 0.15) is 17.1 Å². The molecule has 5 rings (SSSR count). The lowest BCUT2D eigenvalue weighted by atomic mass is 10.1. The highest BCUT2D eigenvalue weighted by atomic mass is 16.6. The lowest BCUT2D eigenvalue weighted by molar-refractivity contribution is -0.385. The van der Waals surface area contributed by atoms with Crippen molar-refractivity contribution in [2.24, 2.45) is 9.98 Å². The normalized spacial score (nSPS) is 11.0. The molecule has 11 nitrogen and oxygen atoms in total. The molecule has 0 unspecified atom stereocenters. The highest BCUT2D eigenvalue weighted by Crippen LogP contribution is 2.25. The predicted molar refractivity (Wildman–Crippen MR) is 192 cm³/mol. The smallest absolute Gasteiger partial charge is 0.350 e. The fourth-order valence-electron chi connectivity index (χ4n) is 4.53. The van der Waals surface area contributed by atoms with Crippen LogP contribution in [0.5, 0.6) is 11.5 Å². The third-order valence-electron chi connectivity index (χ3n) is 7.29. The molecule has 0 aromatic heterocycles. The molecule has 0 aliphatic heterocycles. The summed E-state index contributed by atoms with van der Waals surface area (Å²) in [6.07, 6.45) is 3.36. The van der Waals surface area contributed by atoms with Crippen LogP contribution in [0.2, 0.25) is 0 Å². The van der Waals surface area contributed by atoms with Crippen LogP contribution in [0.1, 0.15) is 31.8 Å². The number of hydrogen-bond acceptors (Lipinski definition) is 10. The van der Waals surface area contributed by atoms with Crippen LogP contribution >= 0.6 is 0 Å². The van der Waals surface area contributed by atoms with Crippen LogP contribution in [0.15, 0.2) is 125 Å². The molecule has 0 radical (unpaired) electrons. The van der Waals surface area contributed by atoms with Gasteiger partial charge in [-0.1, -0.05) is 0 Å². The number of ether oxygens (including phenoxy) is 2. The van der Waals surface area contributed by atoms with Crippen LogP contribution in [0.3, 0.4) is 0 Å². The first-order valence-corrected chi connectivity index (χ1v) is 15.1. The first kappa shape index (κ1) is 33.7. The summed E-state index contributed by atoms with van der Waals surface area (Å²) in [6, 6.07) is 32.1. The van der Waals surface area contributed by atoms with Gasteiger partial charge in [-0.3, -0.25) is 20.1 Å². The molecular weight excluding hydrogens is 622 g/mol. The lowest BCUT2D eigenvalue weighted by Gasteiger charge is -2.11. The minimum atomic E-state index is -0.945. The fourth-order valence-corrected chi connectivity index (χ4v) is 4.53. The average molecular weight is 656 g/mol. The Kier molecular flexibility index (Phi) is 10.5. The Morgan fingerprint density at radius 1 is 0.612 bits per heavy atom. The molecule has 0 aliphatic rings. The Balaban J connectivity index is 1.20. The van der Waals surface area contributed by atoms with Gasteiger partial charge in [0.2, 0.25) is 0 Å². The topological polar surface area (TPSA) is 127 Å². The van der Waals surface area contributed by atoms with Crippen LogP contribution in [-0.4, -0.2) is 57.5 Å². The predicted octanol–water partition coefficient (Wildman–Crippen LogP) is 7.67. The third kappa shape index (κ3) is 9.01. The number of hydrogen-bond donors (Lipinski definition) is 0. The van der Waals surface area contributed by atoms with E-state index in [2.05, 4.69) is 9.98 Å². The van der Waals surface area contributed by atoms with E-state index in [1.165, 1.54) is 12.1 Å². The number of rotatable bonds is 11. The van der Waals surface area contributed by atoms with E-state index >= 15 is 0 Å². The molecule has 11 heteroatoms. The third-order valence-corrected chi connectivity index (χ3v) is 7.29. The molecule has 0 spiro atoms. The summed E-state index contributed by atoms with van der Waals surface area (Å²) in [4.78, 5) is 49.8. The van der Waals surface area contributed by atoms with Crippen LogP contribution in [0.25, 0.3) is 0 Å². The van der Waals surface area contributed by atoms with E-state index in [-0.39, 0.29) is 22.6 Å². The maximum absolute atomic E-state index is 12.9. The van der Waals surface area contributed by atoms with Gasteiger partial charge in [0.15, 0.2) is 0 Å². The minimum absolute atomic E-state index is 0.102. The van der Waals surface area contributed by atoms with Crippen LogP contribution in [-0.2, 0) is 0 Å². The number of nitro groups is 1. The summed E-state index contributed by atoms with van der Waals surface area (Å²) < 4.78 is 10.8. The number of anilines is 2. The Bertz CT molecular complexity index is 2000. The van der Waals surface area contributed by atoms with Crippen molar-refractivity contribution in [3.63, 3.8) is 0 Å². The molecule has 5 aromatic carbocycles. The summed E-state index contributed by atoms with van der Waals surface area (Å²) in [7, 11) is 7.85. The van der Waals surface area contributed by atoms with Gasteiger partial charge in [0, 0.05) is 58.1 Å². The van der Waals surface area contributed by atoms with Crippen molar-refractivity contribution in [1.29, 1.82) is 0 Å². The van der Waals surface area contributed by atoms with Gasteiger partial charge in [-0.25, -0.2) is 9.59 Å². The van der Waals surface area contributed by atoms with Gasteiger partial charge in [-0.2, -0.15) is 0 Å². The SMILES string of the molecule is CN(C)c1ccc(N=Cc2ccc(OC(=O)c3ccc(C(=O)Oc4ccc(C=Nc5ccc(N(C)C)cc5)cc4)c([N+](=O)[O-])c3)cc2)cc1. The quantitative estimate of drug-likeness (QED) is 0.0467. The maximum atomic E-state index is 12.9. The van der Waals surface area contributed by atoms with Gasteiger partial charge >= 0.3 is 11.9 Å². The highest BCUT2D eigenvalue weighted by Gasteiger charge is 2.25. The summed E-state index contributed by atoms with van der Waals surface area (Å²) >= 11 is 0. The Morgan fingerprint density at radius 2 is 1.04 bits per heavy atom. The molecule has 0 atom stereocenters. The number of esters is 2. The highest BCUT2D eigenvalue weighted by molar-refractivity contribution is 5.99. The molecule has 0 N–H and O–H groups in total. The van der Waals surface area contributed by atoms with Gasteiger partial charge in [0.05, 0.1) is 21.9 Å². The zero-order chi connectivity index (χ0) is 34.9. The number of benzene rings is 5. The average Bonchev–Trinajstić information content (AvgIpc) is 3.11. The van der Waals surface area contributed by atoms with Crippen molar-refractivity contribution in [2.75, 3.05) is 38.0 Å². The number of nitrogens with zero attached hydrogens (tertiary/aromatic N) is 5. The van der Waals surface area contributed by atoms with Crippen molar-refractivity contribution in [3.8, 4) is 11.5 Å². The van der Waals surface area contributed by atoms with Crippen LogP contribution in [0, 0.1) is 10.1 Å². The van der Waals surface area contributed by atoms with E-state index in [0.29, 0.717) is 0 Å². The molecule has 5 aromatic rings. The first-order valence-electron chi connectivity index (χ1n) is 15.1. The zero-order valence-corrected chi connectivity index (χ0v) is 27.3. The van der Waals surface area contributed by atoms with Crippen molar-refractivity contribution >= 4 is 52.8 Å². The van der Waals surface area contributed by atoms with Gasteiger partial charge in [-0.15, -0.1) is 0 Å². The number of aliphatic imine (C=N–C) groups is 2. The monoisotopic (exact) mass is 655 g/mol. The second-order valence-corrected chi connectivity index (χ2v) is 11.2. The fraction of sp³-hybridized carbons (Fsp3) is 0.105. The molecule has 0 fully saturated rings. The van der Waals surface area contributed by atoms with Crippen molar-refractivity contribution in [2.45, 2.75) is 0 Å². The molecule has 0 saturated heterocycles. The summed E-state index contributed by atoms with van der Waals surface area (Å²) in [5, 5.41) is 11.9. The Hall–Kier alpha value is -6.62. The standard InChI is InChI=1S/C38H33N5O6/c1-41(2)31-14-10-29(11-15-31)39-24-26-5-18-33(19-6-26)48-37(44)28-9-22-35(36(23-28)43(46)47)38(45)49-34-20-7-27(8-21-34)25-40-30-12-16-32(17-13-30)42(3)4/h5-25H,1-4H3. The number of carbonyl (C=O) groups is 2. The molecule has 0 amide bonds. The number of carbonyl (C=O) groups excluding carboxylic acids is 2. The van der Waals surface area contributed by atoms with Gasteiger partial charge in [0.25, 0.3) is 5.69 Å². The van der Waals surface area contributed by atoms with E-state index in [9.17, 15) is 19.7 Å². The Morgan fingerprint density at radius 3 is 1.45 bits per heavy atom. The molecule has 246 valence electrons. The van der Waals surface area contributed by atoms with Gasteiger partial charge in [-0.05, 0) is 120 Å². The van der Waals surface area contributed by atoms with E-state index < -0.39 is 22.5 Å². The second kappa shape index (κ2) is 15.3. The largest absolute Gasteiger partial charge is 0.423 e. The Labute approximate surface area is 283 Å². The maximum Gasteiger partial charge on any atom is 0.350 e. The molecule has 0 saturated carbocycles. The van der Waals surface area contributed by atoms with Crippen molar-refractivity contribution in [3.05, 3.63) is 148 Å². The summed E-state index contributed by atoms with van der Waals surface area (Å²) in [5.74, 6) is -1.35. The lowest BCUT2D eigenvalue weighted by Crippen LogP contribution is -2.14. The van der Waals surface area contributed by atoms with Gasteiger partial charge < -0.3 is 19.3 Å². The van der Waals surface area contributed by atoms with Crippen LogP contribution < -0.4 is 19.3 Å². The van der Waals surface area contributed by atoms with E-state index in [1.54, 1.807) is 61.0 Å². The van der Waals surface area contributed by atoms with E-state index in [0.717, 1.165) is 39.9 Å². The minimum Gasteiger partial charge on any atom is -0.423 e.